The number of benzene rings is 3. The summed E-state index contributed by atoms with van der Waals surface area (Å²) < 4.78 is 5.75. The zero-order valence-corrected chi connectivity index (χ0v) is 19.8. The van der Waals surface area contributed by atoms with E-state index in [-0.39, 0.29) is 28.0 Å². The molecule has 0 aliphatic carbocycles. The first kappa shape index (κ1) is 24.0. The maximum Gasteiger partial charge on any atom is 0.266 e. The first-order valence-electron chi connectivity index (χ1n) is 9.33. The molecule has 0 radical (unpaired) electrons. The van der Waals surface area contributed by atoms with Crippen molar-refractivity contribution in [3.05, 3.63) is 97.0 Å². The fourth-order valence-electron chi connectivity index (χ4n) is 2.85. The second-order valence-electron chi connectivity index (χ2n) is 6.75. The van der Waals surface area contributed by atoms with E-state index in [2.05, 4.69) is 5.32 Å². The molecule has 0 aromatic heterocycles. The Morgan fingerprint density at radius 1 is 1.00 bits per heavy atom. The molecular weight excluding hydrogens is 490 g/mol. The summed E-state index contributed by atoms with van der Waals surface area (Å²) in [4.78, 5) is 12.6. The van der Waals surface area contributed by atoms with Crippen LogP contribution in [0.1, 0.15) is 16.7 Å². The molecule has 0 spiro atoms. The predicted molar refractivity (Wildman–Crippen MR) is 131 cm³/mol. The van der Waals surface area contributed by atoms with Gasteiger partial charge in [-0.1, -0.05) is 76.7 Å². The Bertz CT molecular complexity index is 1210. The van der Waals surface area contributed by atoms with Gasteiger partial charge in [0.05, 0.1) is 20.8 Å². The molecule has 162 valence electrons. The lowest BCUT2D eigenvalue weighted by atomic mass is 10.1. The van der Waals surface area contributed by atoms with Crippen molar-refractivity contribution in [2.45, 2.75) is 13.5 Å². The fourth-order valence-corrected chi connectivity index (χ4v) is 3.92. The number of aryl methyl sites for hydroxylation is 1. The molecule has 0 unspecified atom stereocenters. The van der Waals surface area contributed by atoms with E-state index in [9.17, 15) is 10.1 Å². The highest BCUT2D eigenvalue weighted by Crippen LogP contribution is 2.36. The summed E-state index contributed by atoms with van der Waals surface area (Å²) in [5, 5.41) is 13.6. The van der Waals surface area contributed by atoms with E-state index >= 15 is 0 Å². The Kier molecular flexibility index (Phi) is 8.06. The van der Waals surface area contributed by atoms with Crippen LogP contribution < -0.4 is 10.1 Å². The molecule has 0 saturated carbocycles. The summed E-state index contributed by atoms with van der Waals surface area (Å²) in [6, 6.07) is 17.5. The van der Waals surface area contributed by atoms with Crippen molar-refractivity contribution < 1.29 is 9.53 Å². The minimum Gasteiger partial charge on any atom is -0.486 e. The molecule has 0 bridgehead atoms. The molecule has 0 heterocycles. The molecule has 0 fully saturated rings. The van der Waals surface area contributed by atoms with E-state index in [1.807, 2.05) is 24.3 Å². The van der Waals surface area contributed by atoms with Crippen LogP contribution in [0.15, 0.2) is 60.2 Å². The van der Waals surface area contributed by atoms with Gasteiger partial charge in [0.2, 0.25) is 0 Å². The number of nitriles is 1. The van der Waals surface area contributed by atoms with Gasteiger partial charge in [-0.05, 0) is 48.4 Å². The van der Waals surface area contributed by atoms with Gasteiger partial charge in [0.15, 0.2) is 5.75 Å². The highest BCUT2D eigenvalue weighted by Gasteiger charge is 2.15. The average Bonchev–Trinajstić information content (AvgIpc) is 2.75. The van der Waals surface area contributed by atoms with Crippen LogP contribution in [0.4, 0.5) is 5.69 Å². The van der Waals surface area contributed by atoms with Crippen LogP contribution in [-0.2, 0) is 11.4 Å². The lowest BCUT2D eigenvalue weighted by molar-refractivity contribution is -0.112. The van der Waals surface area contributed by atoms with E-state index < -0.39 is 5.91 Å². The van der Waals surface area contributed by atoms with Crippen molar-refractivity contribution in [1.29, 1.82) is 5.26 Å². The zero-order chi connectivity index (χ0) is 23.3. The third-order valence-corrected chi connectivity index (χ3v) is 5.73. The lowest BCUT2D eigenvalue weighted by Crippen LogP contribution is -2.14. The van der Waals surface area contributed by atoms with Gasteiger partial charge >= 0.3 is 0 Å². The minimum atomic E-state index is -0.602. The van der Waals surface area contributed by atoms with E-state index in [4.69, 9.17) is 51.1 Å². The Hall–Kier alpha value is -2.68. The lowest BCUT2D eigenvalue weighted by Gasteiger charge is -2.12. The summed E-state index contributed by atoms with van der Waals surface area (Å²) >= 11 is 25.0. The molecule has 0 saturated heterocycles. The Labute approximate surface area is 205 Å². The number of anilines is 1. The number of halogens is 4. The number of hydrogen-bond donors (Lipinski definition) is 1. The van der Waals surface area contributed by atoms with Crippen LogP contribution >= 0.6 is 46.4 Å². The molecule has 3 rings (SSSR count). The van der Waals surface area contributed by atoms with Crippen molar-refractivity contribution in [1.82, 2.24) is 0 Å². The number of ether oxygens (including phenoxy) is 1. The quantitative estimate of drug-likeness (QED) is 0.275. The number of nitrogens with one attached hydrogen (secondary N) is 1. The number of para-hydroxylation sites is 1. The van der Waals surface area contributed by atoms with Gasteiger partial charge in [0.25, 0.3) is 5.91 Å². The standard InChI is InChI=1S/C24H16Cl4N2O2/c1-14-5-4-8-19(26)22(14)30-24(31)17(12-29)9-15-10-20(27)23(21(28)11-15)32-13-16-6-2-3-7-18(16)25/h2-11H,13H2,1H3,(H,30,31)/b17-9+. The number of nitrogens with zero attached hydrogens (tertiary/aromatic N) is 1. The first-order valence-corrected chi connectivity index (χ1v) is 10.8. The van der Waals surface area contributed by atoms with Crippen LogP contribution in [0, 0.1) is 18.3 Å². The van der Waals surface area contributed by atoms with E-state index in [0.717, 1.165) is 11.1 Å². The monoisotopic (exact) mass is 504 g/mol. The largest absolute Gasteiger partial charge is 0.486 e. The number of rotatable bonds is 6. The van der Waals surface area contributed by atoms with Gasteiger partial charge in [0.1, 0.15) is 18.2 Å². The smallest absolute Gasteiger partial charge is 0.266 e. The topological polar surface area (TPSA) is 62.1 Å². The first-order chi connectivity index (χ1) is 15.3. The van der Waals surface area contributed by atoms with Gasteiger partial charge in [0, 0.05) is 10.6 Å². The number of carbonyl (C=O) groups is 1. The third kappa shape index (κ3) is 5.76. The van der Waals surface area contributed by atoms with Crippen LogP contribution in [0.2, 0.25) is 20.1 Å². The van der Waals surface area contributed by atoms with Gasteiger partial charge in [-0.2, -0.15) is 5.26 Å². The van der Waals surface area contributed by atoms with Gasteiger partial charge in [-0.15, -0.1) is 0 Å². The van der Waals surface area contributed by atoms with E-state index in [1.165, 1.54) is 6.08 Å². The normalized spacial score (nSPS) is 11.1. The SMILES string of the molecule is Cc1cccc(Cl)c1NC(=O)/C(C#N)=C/c1cc(Cl)c(OCc2ccccc2Cl)c(Cl)c1. The second kappa shape index (κ2) is 10.8. The van der Waals surface area contributed by atoms with E-state index in [0.29, 0.717) is 21.3 Å². The number of amides is 1. The summed E-state index contributed by atoms with van der Waals surface area (Å²) in [5.74, 6) is -0.324. The molecule has 3 aromatic rings. The van der Waals surface area contributed by atoms with Crippen LogP contribution in [0.25, 0.3) is 6.08 Å². The molecule has 32 heavy (non-hydrogen) atoms. The molecule has 0 aliphatic rings. The minimum absolute atomic E-state index is 0.138. The Balaban J connectivity index is 1.81. The van der Waals surface area contributed by atoms with Crippen LogP contribution in [-0.4, -0.2) is 5.91 Å². The summed E-state index contributed by atoms with van der Waals surface area (Å²) in [6.45, 7) is 1.98. The molecule has 0 atom stereocenters. The van der Waals surface area contributed by atoms with Gasteiger partial charge < -0.3 is 10.1 Å². The van der Waals surface area contributed by atoms with Crippen molar-refractivity contribution >= 4 is 64.1 Å². The number of carbonyl (C=O) groups excluding carboxylic acids is 1. The predicted octanol–water partition coefficient (Wildman–Crippen LogP) is 7.73. The molecular formula is C24H16Cl4N2O2. The summed E-state index contributed by atoms with van der Waals surface area (Å²) in [6.07, 6.45) is 1.39. The van der Waals surface area contributed by atoms with Crippen molar-refractivity contribution in [3.63, 3.8) is 0 Å². The maximum atomic E-state index is 12.6. The van der Waals surface area contributed by atoms with E-state index in [1.54, 1.807) is 43.3 Å². The summed E-state index contributed by atoms with van der Waals surface area (Å²) in [7, 11) is 0. The molecule has 0 aliphatic heterocycles. The van der Waals surface area contributed by atoms with Crippen molar-refractivity contribution in [3.8, 4) is 11.8 Å². The molecule has 4 nitrogen and oxygen atoms in total. The van der Waals surface area contributed by atoms with Gasteiger partial charge in [-0.25, -0.2) is 0 Å². The molecule has 1 amide bonds. The van der Waals surface area contributed by atoms with Crippen molar-refractivity contribution in [2.75, 3.05) is 5.32 Å². The Morgan fingerprint density at radius 3 is 2.28 bits per heavy atom. The summed E-state index contributed by atoms with van der Waals surface area (Å²) in [5.41, 5.74) is 2.33. The van der Waals surface area contributed by atoms with Crippen LogP contribution in [0.5, 0.6) is 5.75 Å². The number of hydrogen-bond acceptors (Lipinski definition) is 3. The average molecular weight is 506 g/mol. The zero-order valence-electron chi connectivity index (χ0n) is 16.8. The molecule has 1 N–H and O–H groups in total. The third-order valence-electron chi connectivity index (χ3n) is 4.49. The maximum absolute atomic E-state index is 12.6. The second-order valence-corrected chi connectivity index (χ2v) is 8.38. The Morgan fingerprint density at radius 2 is 1.66 bits per heavy atom. The fraction of sp³-hybridized carbons (Fsp3) is 0.0833. The van der Waals surface area contributed by atoms with Crippen LogP contribution in [0.3, 0.4) is 0 Å². The highest BCUT2D eigenvalue weighted by atomic mass is 35.5. The van der Waals surface area contributed by atoms with Crippen molar-refractivity contribution in [2.24, 2.45) is 0 Å². The van der Waals surface area contributed by atoms with Gasteiger partial charge in [-0.3, -0.25) is 4.79 Å². The molecule has 8 heteroatoms. The highest BCUT2D eigenvalue weighted by molar-refractivity contribution is 6.37. The molecule has 3 aromatic carbocycles.